The van der Waals surface area contributed by atoms with Crippen molar-refractivity contribution in [3.05, 3.63) is 81.3 Å². The highest BCUT2D eigenvalue weighted by Gasteiger charge is 2.30. The Morgan fingerprint density at radius 2 is 1.94 bits per heavy atom. The SMILES string of the molecule is Cn1c(Cc2csc(NC(=O)c3cccc(Oc4cccc(C(F)(F)F)c4)c3)n2)n[nH]c1=S. The molecule has 2 N–H and O–H groups in total. The maximum atomic E-state index is 12.9. The Kier molecular flexibility index (Phi) is 6.29. The average molecular weight is 492 g/mol. The molecule has 0 radical (unpaired) electrons. The molecule has 0 saturated heterocycles. The molecule has 4 rings (SSSR count). The van der Waals surface area contributed by atoms with Gasteiger partial charge < -0.3 is 9.30 Å². The molecule has 0 spiro atoms. The zero-order valence-corrected chi connectivity index (χ0v) is 18.6. The van der Waals surface area contributed by atoms with E-state index in [1.54, 1.807) is 35.2 Å². The topological polar surface area (TPSA) is 84.8 Å². The fourth-order valence-corrected chi connectivity index (χ4v) is 3.74. The summed E-state index contributed by atoms with van der Waals surface area (Å²) >= 11 is 6.35. The highest BCUT2D eigenvalue weighted by Crippen LogP contribution is 2.33. The van der Waals surface area contributed by atoms with Gasteiger partial charge >= 0.3 is 6.18 Å². The van der Waals surface area contributed by atoms with Gasteiger partial charge in [0.05, 0.1) is 17.7 Å². The Labute approximate surface area is 194 Å². The lowest BCUT2D eigenvalue weighted by Gasteiger charge is -2.10. The Bertz CT molecular complexity index is 1360. The van der Waals surface area contributed by atoms with E-state index in [4.69, 9.17) is 17.0 Å². The number of rotatable bonds is 6. The molecule has 0 aliphatic carbocycles. The van der Waals surface area contributed by atoms with E-state index in [1.165, 1.54) is 29.5 Å². The normalized spacial score (nSPS) is 11.4. The molecule has 7 nitrogen and oxygen atoms in total. The van der Waals surface area contributed by atoms with E-state index in [9.17, 15) is 18.0 Å². The van der Waals surface area contributed by atoms with Crippen molar-refractivity contribution in [3.63, 3.8) is 0 Å². The standard InChI is InChI=1S/C21H16F3N5O2S2/c1-29-17(27-28-20(29)32)10-14-11-33-19(25-14)26-18(30)12-4-2-6-15(8-12)31-16-7-3-5-13(9-16)21(22,23)24/h2-9,11H,10H2,1H3,(H,28,32)(H,25,26,30). The van der Waals surface area contributed by atoms with Crippen LogP contribution in [0.5, 0.6) is 11.5 Å². The number of thiazole rings is 1. The van der Waals surface area contributed by atoms with Crippen LogP contribution in [-0.4, -0.2) is 25.7 Å². The number of aromatic nitrogens is 4. The Morgan fingerprint density at radius 1 is 1.21 bits per heavy atom. The van der Waals surface area contributed by atoms with Crippen molar-refractivity contribution in [3.8, 4) is 11.5 Å². The molecule has 1 amide bonds. The van der Waals surface area contributed by atoms with Crippen molar-refractivity contribution < 1.29 is 22.7 Å². The summed E-state index contributed by atoms with van der Waals surface area (Å²) in [6, 6.07) is 10.7. The molecule has 0 saturated carbocycles. The number of hydrogen-bond acceptors (Lipinski definition) is 6. The molecule has 2 aromatic carbocycles. The molecule has 0 bridgehead atoms. The molecule has 33 heavy (non-hydrogen) atoms. The van der Waals surface area contributed by atoms with Crippen molar-refractivity contribution in [2.45, 2.75) is 12.6 Å². The minimum Gasteiger partial charge on any atom is -0.457 e. The second kappa shape index (κ2) is 9.16. The number of nitrogens with zero attached hydrogens (tertiary/aromatic N) is 3. The van der Waals surface area contributed by atoms with Gasteiger partial charge in [-0.25, -0.2) is 4.98 Å². The fourth-order valence-electron chi connectivity index (χ4n) is 2.89. The average Bonchev–Trinajstić information content (AvgIpc) is 3.35. The quantitative estimate of drug-likeness (QED) is 0.344. The lowest BCUT2D eigenvalue weighted by Crippen LogP contribution is -2.12. The van der Waals surface area contributed by atoms with Crippen LogP contribution < -0.4 is 10.1 Å². The summed E-state index contributed by atoms with van der Waals surface area (Å²) in [6.07, 6.45) is -4.04. The van der Waals surface area contributed by atoms with Crippen molar-refractivity contribution >= 4 is 34.6 Å². The van der Waals surface area contributed by atoms with Gasteiger partial charge in [0.15, 0.2) is 9.90 Å². The molecule has 0 aliphatic rings. The first-order chi connectivity index (χ1) is 15.7. The van der Waals surface area contributed by atoms with Gasteiger partial charge in [-0.2, -0.15) is 18.3 Å². The number of aromatic amines is 1. The van der Waals surface area contributed by atoms with Gasteiger partial charge in [-0.05, 0) is 48.6 Å². The van der Waals surface area contributed by atoms with Crippen molar-refractivity contribution in [1.29, 1.82) is 0 Å². The first-order valence-electron chi connectivity index (χ1n) is 9.50. The zero-order chi connectivity index (χ0) is 23.6. The maximum absolute atomic E-state index is 12.9. The van der Waals surface area contributed by atoms with Gasteiger partial charge in [-0.3, -0.25) is 15.2 Å². The molecule has 170 valence electrons. The van der Waals surface area contributed by atoms with Crippen LogP contribution in [0.25, 0.3) is 0 Å². The molecule has 0 atom stereocenters. The maximum Gasteiger partial charge on any atom is 0.416 e. The van der Waals surface area contributed by atoms with Crippen LogP contribution in [0.15, 0.2) is 53.9 Å². The molecule has 0 aliphatic heterocycles. The second-order valence-corrected chi connectivity index (χ2v) is 8.18. The van der Waals surface area contributed by atoms with Gasteiger partial charge in [-0.1, -0.05) is 12.1 Å². The molecule has 0 fully saturated rings. The van der Waals surface area contributed by atoms with Gasteiger partial charge in [0, 0.05) is 18.0 Å². The molecule has 4 aromatic rings. The minimum absolute atomic E-state index is 0.0146. The Hall–Kier alpha value is -3.51. The Morgan fingerprint density at radius 3 is 2.64 bits per heavy atom. The van der Waals surface area contributed by atoms with E-state index in [0.29, 0.717) is 27.8 Å². The van der Waals surface area contributed by atoms with Crippen molar-refractivity contribution in [1.82, 2.24) is 19.7 Å². The zero-order valence-electron chi connectivity index (χ0n) is 17.0. The monoisotopic (exact) mass is 491 g/mol. The highest BCUT2D eigenvalue weighted by molar-refractivity contribution is 7.71. The number of nitrogens with one attached hydrogen (secondary N) is 2. The summed E-state index contributed by atoms with van der Waals surface area (Å²) < 4.78 is 46.5. The summed E-state index contributed by atoms with van der Waals surface area (Å²) in [5.74, 6) is 0.527. The van der Waals surface area contributed by atoms with Crippen LogP contribution in [-0.2, 0) is 19.6 Å². The van der Waals surface area contributed by atoms with E-state index >= 15 is 0 Å². The fraction of sp³-hybridized carbons (Fsp3) is 0.143. The van der Waals surface area contributed by atoms with Gasteiger partial charge in [0.1, 0.15) is 17.3 Å². The lowest BCUT2D eigenvalue weighted by molar-refractivity contribution is -0.137. The van der Waals surface area contributed by atoms with E-state index in [2.05, 4.69) is 20.5 Å². The number of carbonyl (C=O) groups is 1. The third-order valence-corrected chi connectivity index (χ3v) is 5.75. The molecule has 2 aromatic heterocycles. The number of hydrogen-bond donors (Lipinski definition) is 2. The number of H-pyrrole nitrogens is 1. The number of halogens is 3. The van der Waals surface area contributed by atoms with Crippen molar-refractivity contribution in [2.75, 3.05) is 5.32 Å². The Balaban J connectivity index is 1.44. The third-order valence-electron chi connectivity index (χ3n) is 4.58. The van der Waals surface area contributed by atoms with Crippen LogP contribution in [0.4, 0.5) is 18.3 Å². The predicted molar refractivity (Wildman–Crippen MR) is 119 cm³/mol. The van der Waals surface area contributed by atoms with E-state index < -0.39 is 17.6 Å². The number of alkyl halides is 3. The van der Waals surface area contributed by atoms with Crippen LogP contribution in [0.3, 0.4) is 0 Å². The molecule has 12 heteroatoms. The highest BCUT2D eigenvalue weighted by atomic mass is 32.1. The number of ether oxygens (including phenoxy) is 1. The minimum atomic E-state index is -4.48. The molecule has 2 heterocycles. The van der Waals surface area contributed by atoms with Crippen LogP contribution >= 0.6 is 23.6 Å². The predicted octanol–water partition coefficient (Wildman–Crippen LogP) is 5.59. The number of anilines is 1. The smallest absolute Gasteiger partial charge is 0.416 e. The molecule has 0 unspecified atom stereocenters. The number of carbonyl (C=O) groups excluding carboxylic acids is 1. The van der Waals surface area contributed by atoms with Crippen molar-refractivity contribution in [2.24, 2.45) is 7.05 Å². The summed E-state index contributed by atoms with van der Waals surface area (Å²) in [4.78, 5) is 17.0. The lowest BCUT2D eigenvalue weighted by atomic mass is 10.2. The molecular formula is C21H16F3N5O2S2. The first kappa shape index (κ1) is 22.7. The summed E-state index contributed by atoms with van der Waals surface area (Å²) in [7, 11) is 1.80. The first-order valence-corrected chi connectivity index (χ1v) is 10.8. The second-order valence-electron chi connectivity index (χ2n) is 6.93. The largest absolute Gasteiger partial charge is 0.457 e. The number of benzene rings is 2. The molecular weight excluding hydrogens is 475 g/mol. The van der Waals surface area contributed by atoms with E-state index in [-0.39, 0.29) is 17.1 Å². The van der Waals surface area contributed by atoms with Crippen LogP contribution in [0.1, 0.15) is 27.4 Å². The summed E-state index contributed by atoms with van der Waals surface area (Å²) in [6.45, 7) is 0. The third kappa shape index (κ3) is 5.46. The summed E-state index contributed by atoms with van der Waals surface area (Å²) in [5, 5.41) is 11.8. The van der Waals surface area contributed by atoms with Gasteiger partial charge in [0.25, 0.3) is 5.91 Å². The van der Waals surface area contributed by atoms with Crippen LogP contribution in [0.2, 0.25) is 0 Å². The van der Waals surface area contributed by atoms with Gasteiger partial charge in [-0.15, -0.1) is 11.3 Å². The summed E-state index contributed by atoms with van der Waals surface area (Å²) in [5.41, 5.74) is 0.167. The van der Waals surface area contributed by atoms with E-state index in [0.717, 1.165) is 12.1 Å². The van der Waals surface area contributed by atoms with E-state index in [1.807, 2.05) is 0 Å². The van der Waals surface area contributed by atoms with Gasteiger partial charge in [0.2, 0.25) is 0 Å². The number of amides is 1. The van der Waals surface area contributed by atoms with Crippen LogP contribution in [0, 0.1) is 4.77 Å².